The number of pyridine rings is 1. The molecule has 0 saturated carbocycles. The van der Waals surface area contributed by atoms with Gasteiger partial charge >= 0.3 is 5.97 Å². The molecule has 2 N–H and O–H groups in total. The monoisotopic (exact) mass is 261 g/mol. The minimum Gasteiger partial charge on any atom is -0.478 e. The molecule has 2 aliphatic heterocycles. The lowest BCUT2D eigenvalue weighted by Gasteiger charge is -2.34. The highest BCUT2D eigenvalue weighted by Crippen LogP contribution is 2.38. The number of aromatic nitrogens is 1. The smallest absolute Gasteiger partial charge is 0.339 e. The zero-order valence-electron chi connectivity index (χ0n) is 10.9. The first-order chi connectivity index (χ1) is 9.20. The molecule has 1 spiro atoms. The third kappa shape index (κ3) is 2.30. The highest BCUT2D eigenvalue weighted by molar-refractivity contribution is 5.93. The van der Waals surface area contributed by atoms with Crippen molar-refractivity contribution in [3.05, 3.63) is 23.9 Å². The molecule has 102 valence electrons. The predicted molar refractivity (Wildman–Crippen MR) is 72.6 cm³/mol. The maximum absolute atomic E-state index is 11.3. The maximum Gasteiger partial charge on any atom is 0.339 e. The summed E-state index contributed by atoms with van der Waals surface area (Å²) in [5.74, 6) is -0.275. The normalized spacial score (nSPS) is 26.8. The molecule has 2 aliphatic rings. The predicted octanol–water partition coefficient (Wildman–Crippen LogP) is 1.36. The second-order valence-corrected chi connectivity index (χ2v) is 5.63. The van der Waals surface area contributed by atoms with Crippen LogP contribution in [-0.2, 0) is 0 Å². The van der Waals surface area contributed by atoms with Gasteiger partial charge in [-0.25, -0.2) is 9.78 Å². The molecule has 3 heterocycles. The van der Waals surface area contributed by atoms with E-state index in [1.807, 2.05) is 0 Å². The Balaban J connectivity index is 1.83. The highest BCUT2D eigenvalue weighted by atomic mass is 16.4. The molecule has 0 unspecified atom stereocenters. The van der Waals surface area contributed by atoms with E-state index in [4.69, 9.17) is 0 Å². The largest absolute Gasteiger partial charge is 0.478 e. The minimum absolute atomic E-state index is 0.309. The number of carbonyl (C=O) groups is 1. The van der Waals surface area contributed by atoms with Crippen molar-refractivity contribution < 1.29 is 9.90 Å². The molecule has 2 saturated heterocycles. The Hall–Kier alpha value is -1.62. The number of hydrogen-bond donors (Lipinski definition) is 2. The van der Waals surface area contributed by atoms with E-state index in [-0.39, 0.29) is 0 Å². The van der Waals surface area contributed by atoms with E-state index in [0.29, 0.717) is 16.8 Å². The molecule has 5 heteroatoms. The topological polar surface area (TPSA) is 65.5 Å². The third-order valence-corrected chi connectivity index (χ3v) is 4.32. The highest BCUT2D eigenvalue weighted by Gasteiger charge is 2.40. The van der Waals surface area contributed by atoms with Gasteiger partial charge in [-0.05, 0) is 37.9 Å². The van der Waals surface area contributed by atoms with E-state index >= 15 is 0 Å². The Morgan fingerprint density at radius 2 is 2.37 bits per heavy atom. The average molecular weight is 261 g/mol. The van der Waals surface area contributed by atoms with Crippen molar-refractivity contribution in [1.82, 2.24) is 10.3 Å². The fourth-order valence-electron chi connectivity index (χ4n) is 3.31. The van der Waals surface area contributed by atoms with E-state index < -0.39 is 5.97 Å². The number of carboxylic acid groups (broad SMARTS) is 1. The molecule has 1 aromatic heterocycles. The van der Waals surface area contributed by atoms with Gasteiger partial charge in [-0.2, -0.15) is 0 Å². The Morgan fingerprint density at radius 3 is 3.11 bits per heavy atom. The molecule has 0 bridgehead atoms. The van der Waals surface area contributed by atoms with Gasteiger partial charge in [-0.15, -0.1) is 0 Å². The number of piperidine rings is 1. The van der Waals surface area contributed by atoms with E-state index in [9.17, 15) is 9.90 Å². The number of aromatic carboxylic acids is 1. The molecule has 1 atom stereocenters. The molecule has 3 rings (SSSR count). The second kappa shape index (κ2) is 4.81. The summed E-state index contributed by atoms with van der Waals surface area (Å²) in [6, 6.07) is 3.32. The number of nitrogens with zero attached hydrogens (tertiary/aromatic N) is 2. The summed E-state index contributed by atoms with van der Waals surface area (Å²) in [5, 5.41) is 12.7. The summed E-state index contributed by atoms with van der Waals surface area (Å²) in [4.78, 5) is 17.7. The van der Waals surface area contributed by atoms with E-state index in [1.165, 1.54) is 12.8 Å². The van der Waals surface area contributed by atoms with Crippen molar-refractivity contribution >= 4 is 11.8 Å². The summed E-state index contributed by atoms with van der Waals surface area (Å²) in [5.41, 5.74) is 0.620. The molecule has 0 amide bonds. The van der Waals surface area contributed by atoms with Crippen LogP contribution in [0, 0.1) is 5.41 Å². The molecule has 19 heavy (non-hydrogen) atoms. The number of rotatable bonds is 2. The Bertz CT molecular complexity index is 483. The lowest BCUT2D eigenvalue weighted by atomic mass is 9.80. The zero-order chi connectivity index (χ0) is 13.3. The SMILES string of the molecule is O=C(O)c1cccnc1N1CC[C@]2(CCCNC2)C1. The van der Waals surface area contributed by atoms with E-state index in [1.54, 1.807) is 18.3 Å². The fourth-order valence-corrected chi connectivity index (χ4v) is 3.31. The first-order valence-electron chi connectivity index (χ1n) is 6.84. The van der Waals surface area contributed by atoms with Gasteiger partial charge in [0.2, 0.25) is 0 Å². The van der Waals surface area contributed by atoms with Crippen molar-refractivity contribution in [1.29, 1.82) is 0 Å². The maximum atomic E-state index is 11.3. The fraction of sp³-hybridized carbons (Fsp3) is 0.571. The average Bonchev–Trinajstić information content (AvgIpc) is 2.83. The van der Waals surface area contributed by atoms with Crippen LogP contribution in [0.15, 0.2) is 18.3 Å². The molecule has 0 aliphatic carbocycles. The number of anilines is 1. The second-order valence-electron chi connectivity index (χ2n) is 5.63. The van der Waals surface area contributed by atoms with Crippen LogP contribution in [0.1, 0.15) is 29.6 Å². The van der Waals surface area contributed by atoms with Gasteiger partial charge in [-0.3, -0.25) is 0 Å². The molecule has 0 aromatic carbocycles. The Labute approximate surface area is 112 Å². The van der Waals surface area contributed by atoms with Crippen LogP contribution in [0.25, 0.3) is 0 Å². The first-order valence-corrected chi connectivity index (χ1v) is 6.84. The summed E-state index contributed by atoms with van der Waals surface area (Å²) in [7, 11) is 0. The van der Waals surface area contributed by atoms with Crippen molar-refractivity contribution in [3.63, 3.8) is 0 Å². The van der Waals surface area contributed by atoms with Crippen molar-refractivity contribution in [2.75, 3.05) is 31.1 Å². The molecular weight excluding hydrogens is 242 g/mol. The van der Waals surface area contributed by atoms with Gasteiger partial charge in [0.05, 0.1) is 0 Å². The Morgan fingerprint density at radius 1 is 1.47 bits per heavy atom. The third-order valence-electron chi connectivity index (χ3n) is 4.32. The van der Waals surface area contributed by atoms with Gasteiger partial charge in [-0.1, -0.05) is 0 Å². The van der Waals surface area contributed by atoms with Crippen LogP contribution >= 0.6 is 0 Å². The van der Waals surface area contributed by atoms with Gasteiger partial charge in [0.25, 0.3) is 0 Å². The summed E-state index contributed by atoms with van der Waals surface area (Å²) in [6.45, 7) is 3.96. The van der Waals surface area contributed by atoms with Crippen molar-refractivity contribution in [3.8, 4) is 0 Å². The van der Waals surface area contributed by atoms with Crippen LogP contribution in [0.2, 0.25) is 0 Å². The van der Waals surface area contributed by atoms with Crippen LogP contribution in [-0.4, -0.2) is 42.2 Å². The van der Waals surface area contributed by atoms with Crippen molar-refractivity contribution in [2.45, 2.75) is 19.3 Å². The van der Waals surface area contributed by atoms with E-state index in [2.05, 4.69) is 15.2 Å². The summed E-state index contributed by atoms with van der Waals surface area (Å²) in [6.07, 6.45) is 5.23. The van der Waals surface area contributed by atoms with Crippen LogP contribution < -0.4 is 10.2 Å². The van der Waals surface area contributed by atoms with Gasteiger partial charge in [0.15, 0.2) is 0 Å². The standard InChI is InChI=1S/C14H19N3O2/c18-13(19)11-3-1-7-16-12(11)17-8-5-14(10-17)4-2-6-15-9-14/h1,3,7,15H,2,4-6,8-10H2,(H,18,19)/t14-/m0/s1. The van der Waals surface area contributed by atoms with Crippen molar-refractivity contribution in [2.24, 2.45) is 5.41 Å². The quantitative estimate of drug-likeness (QED) is 0.841. The van der Waals surface area contributed by atoms with Gasteiger partial charge in [0, 0.05) is 31.2 Å². The number of hydrogen-bond acceptors (Lipinski definition) is 4. The lowest BCUT2D eigenvalue weighted by Crippen LogP contribution is -2.42. The molecular formula is C14H19N3O2. The molecule has 2 fully saturated rings. The minimum atomic E-state index is -0.897. The summed E-state index contributed by atoms with van der Waals surface area (Å²) >= 11 is 0. The molecule has 5 nitrogen and oxygen atoms in total. The summed E-state index contributed by atoms with van der Waals surface area (Å²) < 4.78 is 0. The number of nitrogens with one attached hydrogen (secondary N) is 1. The zero-order valence-corrected chi connectivity index (χ0v) is 10.9. The first kappa shape index (κ1) is 12.4. The molecule has 0 radical (unpaired) electrons. The molecule has 1 aromatic rings. The van der Waals surface area contributed by atoms with Gasteiger partial charge < -0.3 is 15.3 Å². The van der Waals surface area contributed by atoms with Gasteiger partial charge in [0.1, 0.15) is 11.4 Å². The Kier molecular flexibility index (Phi) is 3.14. The van der Waals surface area contributed by atoms with Crippen LogP contribution in [0.3, 0.4) is 0 Å². The van der Waals surface area contributed by atoms with Crippen LogP contribution in [0.5, 0.6) is 0 Å². The van der Waals surface area contributed by atoms with E-state index in [0.717, 1.165) is 32.6 Å². The lowest BCUT2D eigenvalue weighted by molar-refractivity contribution is 0.0697. The van der Waals surface area contributed by atoms with Crippen LogP contribution in [0.4, 0.5) is 5.82 Å². The number of carboxylic acids is 1.